The first-order valence-corrected chi connectivity index (χ1v) is 6.86. The summed E-state index contributed by atoms with van der Waals surface area (Å²) in [5, 5.41) is 4.99. The van der Waals surface area contributed by atoms with E-state index in [-0.39, 0.29) is 31.1 Å². The zero-order valence-electron chi connectivity index (χ0n) is 13.3. The molecule has 0 aliphatic rings. The summed E-state index contributed by atoms with van der Waals surface area (Å²) >= 11 is 0. The monoisotopic (exact) mass is 349 g/mol. The number of carbonyl (C=O) groups is 2. The van der Waals surface area contributed by atoms with Crippen LogP contribution in [-0.2, 0) is 9.59 Å². The van der Waals surface area contributed by atoms with Crippen LogP contribution in [0.3, 0.4) is 0 Å². The highest BCUT2D eigenvalue weighted by atomic mass is 35.5. The van der Waals surface area contributed by atoms with Gasteiger partial charge in [-0.1, -0.05) is 26.8 Å². The smallest absolute Gasteiger partial charge is 0.239 e. The predicted octanol–water partition coefficient (Wildman–Crippen LogP) is 1.66. The number of nitrogens with two attached hydrogens (primary N) is 1. The minimum atomic E-state index is -0.730. The molecule has 23 heavy (non-hydrogen) atoms. The first kappa shape index (κ1) is 21.3. The maximum absolute atomic E-state index is 14.0. The zero-order chi connectivity index (χ0) is 16.9. The predicted molar refractivity (Wildman–Crippen MR) is 86.0 cm³/mol. The number of amides is 2. The van der Waals surface area contributed by atoms with E-state index in [4.69, 9.17) is 5.73 Å². The van der Waals surface area contributed by atoms with Gasteiger partial charge in [0.2, 0.25) is 11.8 Å². The van der Waals surface area contributed by atoms with Crippen LogP contribution in [0.1, 0.15) is 32.4 Å². The third-order valence-corrected chi connectivity index (χ3v) is 3.08. The molecule has 0 radical (unpaired) electrons. The van der Waals surface area contributed by atoms with Crippen molar-refractivity contribution in [3.05, 3.63) is 35.4 Å². The molecule has 0 fully saturated rings. The van der Waals surface area contributed by atoms with Crippen LogP contribution in [-0.4, -0.2) is 24.9 Å². The lowest BCUT2D eigenvalue weighted by atomic mass is 9.82. The van der Waals surface area contributed by atoms with Crippen molar-refractivity contribution < 1.29 is 18.4 Å². The second-order valence-corrected chi connectivity index (χ2v) is 6.01. The standard InChI is InChI=1S/C15H21F2N3O2.ClH/c1-15(2,3)14(10-5-4-9(16)6-11(10)17)20-13(22)8-19-12(21)7-18;/h4-6,14H,7-8,18H2,1-3H3,(H,19,21)(H,20,22);1H. The van der Waals surface area contributed by atoms with E-state index in [1.165, 1.54) is 6.07 Å². The number of nitrogens with one attached hydrogen (secondary N) is 2. The summed E-state index contributed by atoms with van der Waals surface area (Å²) in [5.74, 6) is -2.36. The fourth-order valence-electron chi connectivity index (χ4n) is 1.96. The van der Waals surface area contributed by atoms with Gasteiger partial charge in [0.05, 0.1) is 19.1 Å². The average Bonchev–Trinajstić information content (AvgIpc) is 2.41. The van der Waals surface area contributed by atoms with Crippen LogP contribution < -0.4 is 16.4 Å². The van der Waals surface area contributed by atoms with Crippen molar-refractivity contribution in [3.8, 4) is 0 Å². The molecule has 1 atom stereocenters. The number of halogens is 3. The van der Waals surface area contributed by atoms with Crippen molar-refractivity contribution in [2.24, 2.45) is 11.1 Å². The fourth-order valence-corrected chi connectivity index (χ4v) is 1.96. The number of carbonyl (C=O) groups excluding carboxylic acids is 2. The van der Waals surface area contributed by atoms with Gasteiger partial charge in [-0.2, -0.15) is 0 Å². The molecule has 1 unspecified atom stereocenters. The quantitative estimate of drug-likeness (QED) is 0.756. The number of hydrogen-bond donors (Lipinski definition) is 3. The van der Waals surface area contributed by atoms with Crippen LogP contribution in [0.4, 0.5) is 8.78 Å². The summed E-state index contributed by atoms with van der Waals surface area (Å²) in [6.07, 6.45) is 0. The van der Waals surface area contributed by atoms with Crippen LogP contribution in [0.2, 0.25) is 0 Å². The van der Waals surface area contributed by atoms with Gasteiger partial charge < -0.3 is 16.4 Å². The van der Waals surface area contributed by atoms with Crippen LogP contribution in [0.15, 0.2) is 18.2 Å². The molecule has 4 N–H and O–H groups in total. The highest BCUT2D eigenvalue weighted by Gasteiger charge is 2.30. The van der Waals surface area contributed by atoms with Gasteiger partial charge in [0.25, 0.3) is 0 Å². The molecule has 5 nitrogen and oxygen atoms in total. The third-order valence-electron chi connectivity index (χ3n) is 3.08. The first-order chi connectivity index (χ1) is 10.1. The lowest BCUT2D eigenvalue weighted by Gasteiger charge is -2.32. The van der Waals surface area contributed by atoms with Crippen LogP contribution in [0.25, 0.3) is 0 Å². The van der Waals surface area contributed by atoms with E-state index < -0.39 is 34.9 Å². The van der Waals surface area contributed by atoms with Crippen molar-refractivity contribution in [3.63, 3.8) is 0 Å². The van der Waals surface area contributed by atoms with E-state index in [9.17, 15) is 18.4 Å². The molecular formula is C15H22ClF2N3O2. The Balaban J connectivity index is 0.00000484. The molecule has 0 aromatic heterocycles. The molecule has 0 saturated heterocycles. The van der Waals surface area contributed by atoms with Gasteiger partial charge in [-0.3, -0.25) is 9.59 Å². The Morgan fingerprint density at radius 2 is 1.83 bits per heavy atom. The Labute approximate surface area is 140 Å². The second-order valence-electron chi connectivity index (χ2n) is 6.01. The molecule has 8 heteroatoms. The van der Waals surface area contributed by atoms with Crippen LogP contribution in [0, 0.1) is 17.0 Å². The van der Waals surface area contributed by atoms with Gasteiger partial charge in [-0.15, -0.1) is 12.4 Å². The Bertz CT molecular complexity index is 562. The lowest BCUT2D eigenvalue weighted by molar-refractivity contribution is -0.126. The molecule has 0 spiro atoms. The summed E-state index contributed by atoms with van der Waals surface area (Å²) in [6.45, 7) is 4.98. The van der Waals surface area contributed by atoms with Gasteiger partial charge in [0, 0.05) is 11.6 Å². The van der Waals surface area contributed by atoms with Gasteiger partial charge in [-0.05, 0) is 11.5 Å². The summed E-state index contributed by atoms with van der Waals surface area (Å²) in [4.78, 5) is 23.0. The Morgan fingerprint density at radius 3 is 2.30 bits per heavy atom. The SMILES string of the molecule is CC(C)(C)C(NC(=O)CNC(=O)CN)c1ccc(F)cc1F.Cl. The van der Waals surface area contributed by atoms with Gasteiger partial charge in [0.1, 0.15) is 11.6 Å². The zero-order valence-corrected chi connectivity index (χ0v) is 14.1. The molecule has 0 aliphatic carbocycles. The van der Waals surface area contributed by atoms with Gasteiger partial charge in [-0.25, -0.2) is 8.78 Å². The molecule has 0 aliphatic heterocycles. The average molecular weight is 350 g/mol. The Morgan fingerprint density at radius 1 is 1.22 bits per heavy atom. The normalized spacial score (nSPS) is 12.1. The lowest BCUT2D eigenvalue weighted by Crippen LogP contribution is -2.43. The molecule has 0 bridgehead atoms. The minimum Gasteiger partial charge on any atom is -0.347 e. The molecule has 0 heterocycles. The highest BCUT2D eigenvalue weighted by Crippen LogP contribution is 2.34. The van der Waals surface area contributed by atoms with Crippen LogP contribution in [0.5, 0.6) is 0 Å². The van der Waals surface area contributed by atoms with E-state index in [0.717, 1.165) is 12.1 Å². The Hall–Kier alpha value is -1.73. The largest absolute Gasteiger partial charge is 0.347 e. The molecule has 130 valence electrons. The summed E-state index contributed by atoms with van der Waals surface area (Å²) in [6, 6.07) is 2.55. The summed E-state index contributed by atoms with van der Waals surface area (Å²) in [7, 11) is 0. The van der Waals surface area contributed by atoms with E-state index >= 15 is 0 Å². The first-order valence-electron chi connectivity index (χ1n) is 6.86. The van der Waals surface area contributed by atoms with E-state index in [1.807, 2.05) is 20.8 Å². The van der Waals surface area contributed by atoms with Gasteiger partial charge >= 0.3 is 0 Å². The molecular weight excluding hydrogens is 328 g/mol. The van der Waals surface area contributed by atoms with E-state index in [0.29, 0.717) is 0 Å². The topological polar surface area (TPSA) is 84.2 Å². The number of rotatable bonds is 5. The maximum atomic E-state index is 14.0. The third kappa shape index (κ3) is 6.50. The Kier molecular flexibility index (Phi) is 8.12. The summed E-state index contributed by atoms with van der Waals surface area (Å²) < 4.78 is 27.0. The van der Waals surface area contributed by atoms with Crippen molar-refractivity contribution in [1.29, 1.82) is 0 Å². The maximum Gasteiger partial charge on any atom is 0.239 e. The number of benzene rings is 1. The fraction of sp³-hybridized carbons (Fsp3) is 0.467. The van der Waals surface area contributed by atoms with Crippen molar-refractivity contribution in [2.75, 3.05) is 13.1 Å². The van der Waals surface area contributed by atoms with E-state index in [1.54, 1.807) is 0 Å². The molecule has 2 amide bonds. The minimum absolute atomic E-state index is 0. The molecule has 1 aromatic carbocycles. The number of hydrogen-bond acceptors (Lipinski definition) is 3. The van der Waals surface area contributed by atoms with Crippen molar-refractivity contribution >= 4 is 24.2 Å². The van der Waals surface area contributed by atoms with Crippen molar-refractivity contribution in [2.45, 2.75) is 26.8 Å². The van der Waals surface area contributed by atoms with Crippen molar-refractivity contribution in [1.82, 2.24) is 10.6 Å². The van der Waals surface area contributed by atoms with Gasteiger partial charge in [0.15, 0.2) is 0 Å². The second kappa shape index (κ2) is 8.79. The summed E-state index contributed by atoms with van der Waals surface area (Å²) in [5.41, 5.74) is 4.80. The highest BCUT2D eigenvalue weighted by molar-refractivity contribution is 5.86. The molecule has 0 saturated carbocycles. The van der Waals surface area contributed by atoms with Crippen LogP contribution >= 0.6 is 12.4 Å². The molecule has 1 rings (SSSR count). The molecule has 1 aromatic rings. The van der Waals surface area contributed by atoms with E-state index in [2.05, 4.69) is 10.6 Å².